The van der Waals surface area contributed by atoms with Crippen molar-refractivity contribution >= 4 is 11.8 Å². The van der Waals surface area contributed by atoms with E-state index in [1.54, 1.807) is 0 Å². The molecule has 1 N–H and O–H groups in total. The van der Waals surface area contributed by atoms with E-state index >= 15 is 0 Å². The molecule has 15 heavy (non-hydrogen) atoms. The number of alkyl halides is 2. The van der Waals surface area contributed by atoms with Gasteiger partial charge in [-0.1, -0.05) is 0 Å². The van der Waals surface area contributed by atoms with Gasteiger partial charge in [-0.3, -0.25) is 9.59 Å². The SMILES string of the molecule is O=C1CN(C2CC2)C(=O)C(CC(F)F)N1. The molecule has 1 atom stereocenters. The Kier molecular flexibility index (Phi) is 2.58. The number of carbonyl (C=O) groups is 2. The molecule has 0 radical (unpaired) electrons. The van der Waals surface area contributed by atoms with Gasteiger partial charge in [0.15, 0.2) is 0 Å². The molecule has 1 aliphatic heterocycles. The fourth-order valence-corrected chi connectivity index (χ4v) is 1.77. The van der Waals surface area contributed by atoms with Gasteiger partial charge >= 0.3 is 0 Å². The second-order valence-electron chi connectivity index (χ2n) is 3.94. The first-order valence-corrected chi connectivity index (χ1v) is 4.96. The van der Waals surface area contributed by atoms with E-state index in [1.807, 2.05) is 0 Å². The van der Waals surface area contributed by atoms with E-state index in [1.165, 1.54) is 4.90 Å². The molecule has 2 rings (SSSR count). The molecular formula is C9H12F2N2O2. The lowest BCUT2D eigenvalue weighted by Gasteiger charge is -2.32. The first kappa shape index (κ1) is 10.3. The maximum atomic E-state index is 12.1. The fraction of sp³-hybridized carbons (Fsp3) is 0.778. The van der Waals surface area contributed by atoms with Gasteiger partial charge in [0.1, 0.15) is 6.04 Å². The summed E-state index contributed by atoms with van der Waals surface area (Å²) in [6.07, 6.45) is -1.41. The van der Waals surface area contributed by atoms with Crippen LogP contribution in [0.4, 0.5) is 8.78 Å². The molecule has 0 bridgehead atoms. The summed E-state index contributed by atoms with van der Waals surface area (Å²) in [7, 11) is 0. The summed E-state index contributed by atoms with van der Waals surface area (Å²) in [4.78, 5) is 24.3. The number of halogens is 2. The second kappa shape index (κ2) is 3.75. The van der Waals surface area contributed by atoms with Gasteiger partial charge in [-0.2, -0.15) is 0 Å². The van der Waals surface area contributed by atoms with Gasteiger partial charge in [0.25, 0.3) is 0 Å². The first-order chi connectivity index (χ1) is 7.08. The molecule has 1 aliphatic carbocycles. The molecule has 2 fully saturated rings. The van der Waals surface area contributed by atoms with Crippen molar-refractivity contribution in [3.05, 3.63) is 0 Å². The van der Waals surface area contributed by atoms with E-state index in [-0.39, 0.29) is 24.4 Å². The summed E-state index contributed by atoms with van der Waals surface area (Å²) >= 11 is 0. The van der Waals surface area contributed by atoms with Gasteiger partial charge < -0.3 is 10.2 Å². The zero-order valence-corrected chi connectivity index (χ0v) is 8.08. The van der Waals surface area contributed by atoms with E-state index in [0.717, 1.165) is 12.8 Å². The average molecular weight is 218 g/mol. The number of amides is 2. The largest absolute Gasteiger partial charge is 0.343 e. The third-order valence-electron chi connectivity index (χ3n) is 2.63. The van der Waals surface area contributed by atoms with Gasteiger partial charge in [-0.15, -0.1) is 0 Å². The third kappa shape index (κ3) is 2.24. The highest BCUT2D eigenvalue weighted by atomic mass is 19.3. The Morgan fingerprint density at radius 2 is 2.07 bits per heavy atom. The van der Waals surface area contributed by atoms with Crippen molar-refractivity contribution in [2.24, 2.45) is 0 Å². The van der Waals surface area contributed by atoms with Crippen LogP contribution in [0.2, 0.25) is 0 Å². The lowest BCUT2D eigenvalue weighted by atomic mass is 10.1. The van der Waals surface area contributed by atoms with Crippen molar-refractivity contribution in [3.63, 3.8) is 0 Å². The minimum Gasteiger partial charge on any atom is -0.343 e. The molecule has 2 aliphatic rings. The molecule has 84 valence electrons. The van der Waals surface area contributed by atoms with Crippen LogP contribution in [0.1, 0.15) is 19.3 Å². The van der Waals surface area contributed by atoms with Gasteiger partial charge in [-0.25, -0.2) is 8.78 Å². The Bertz CT molecular complexity index is 292. The molecule has 2 amide bonds. The summed E-state index contributed by atoms with van der Waals surface area (Å²) in [6.45, 7) is 0.0171. The van der Waals surface area contributed by atoms with Crippen LogP contribution >= 0.6 is 0 Å². The first-order valence-electron chi connectivity index (χ1n) is 4.96. The quantitative estimate of drug-likeness (QED) is 0.732. The average Bonchev–Trinajstić information content (AvgIpc) is 2.92. The maximum absolute atomic E-state index is 12.1. The Balaban J connectivity index is 2.03. The molecule has 6 heteroatoms. The number of hydrogen-bond acceptors (Lipinski definition) is 2. The van der Waals surface area contributed by atoms with Crippen LogP contribution in [-0.4, -0.2) is 41.8 Å². The Labute approximate surface area is 85.6 Å². The van der Waals surface area contributed by atoms with E-state index in [0.29, 0.717) is 0 Å². The smallest absolute Gasteiger partial charge is 0.246 e. The third-order valence-corrected chi connectivity index (χ3v) is 2.63. The number of rotatable bonds is 3. The standard InChI is InChI=1S/C9H12F2N2O2/c10-7(11)3-6-9(15)13(5-1-2-5)4-8(14)12-6/h5-7H,1-4H2,(H,12,14). The Morgan fingerprint density at radius 3 is 2.60 bits per heavy atom. The lowest BCUT2D eigenvalue weighted by Crippen LogP contribution is -2.59. The molecule has 0 aromatic rings. The number of nitrogens with zero attached hydrogens (tertiary/aromatic N) is 1. The van der Waals surface area contributed by atoms with E-state index < -0.39 is 18.9 Å². The predicted molar refractivity (Wildman–Crippen MR) is 47.3 cm³/mol. The Morgan fingerprint density at radius 1 is 1.40 bits per heavy atom. The number of piperazine rings is 1. The normalized spacial score (nSPS) is 27.1. The zero-order valence-electron chi connectivity index (χ0n) is 8.08. The van der Waals surface area contributed by atoms with E-state index in [2.05, 4.69) is 5.32 Å². The predicted octanol–water partition coefficient (Wildman–Crippen LogP) is 0.131. The molecule has 0 spiro atoms. The topological polar surface area (TPSA) is 49.4 Å². The van der Waals surface area contributed by atoms with Crippen LogP contribution in [0.3, 0.4) is 0 Å². The molecule has 1 saturated heterocycles. The molecule has 0 aromatic carbocycles. The summed E-state index contributed by atoms with van der Waals surface area (Å²) in [5.74, 6) is -0.704. The fourth-order valence-electron chi connectivity index (χ4n) is 1.77. The van der Waals surface area contributed by atoms with E-state index in [9.17, 15) is 18.4 Å². The molecule has 1 heterocycles. The summed E-state index contributed by atoms with van der Waals surface area (Å²) in [5, 5.41) is 2.30. The summed E-state index contributed by atoms with van der Waals surface area (Å²) < 4.78 is 24.3. The van der Waals surface area contributed by atoms with E-state index in [4.69, 9.17) is 0 Å². The molecular weight excluding hydrogens is 206 g/mol. The highest BCUT2D eigenvalue weighted by Gasteiger charge is 2.41. The van der Waals surface area contributed by atoms with Crippen LogP contribution in [0.5, 0.6) is 0 Å². The van der Waals surface area contributed by atoms with Crippen molar-refractivity contribution in [3.8, 4) is 0 Å². The number of carbonyl (C=O) groups excluding carboxylic acids is 2. The van der Waals surface area contributed by atoms with Gasteiger partial charge in [0, 0.05) is 12.5 Å². The Hall–Kier alpha value is -1.20. The minimum absolute atomic E-state index is 0.0171. The molecule has 1 saturated carbocycles. The molecule has 1 unspecified atom stereocenters. The zero-order chi connectivity index (χ0) is 11.0. The van der Waals surface area contributed by atoms with Crippen molar-refractivity contribution in [1.82, 2.24) is 10.2 Å². The highest BCUT2D eigenvalue weighted by Crippen LogP contribution is 2.28. The summed E-state index contributed by atoms with van der Waals surface area (Å²) in [6, 6.07) is -0.935. The van der Waals surface area contributed by atoms with Crippen LogP contribution in [-0.2, 0) is 9.59 Å². The van der Waals surface area contributed by atoms with Crippen molar-refractivity contribution in [1.29, 1.82) is 0 Å². The van der Waals surface area contributed by atoms with Crippen molar-refractivity contribution in [2.75, 3.05) is 6.54 Å². The highest BCUT2D eigenvalue weighted by molar-refractivity contribution is 5.95. The number of nitrogens with one attached hydrogen (secondary N) is 1. The van der Waals surface area contributed by atoms with Gasteiger partial charge in [-0.05, 0) is 12.8 Å². The minimum atomic E-state index is -2.57. The number of hydrogen-bond donors (Lipinski definition) is 1. The van der Waals surface area contributed by atoms with Gasteiger partial charge in [0.2, 0.25) is 18.2 Å². The second-order valence-corrected chi connectivity index (χ2v) is 3.94. The van der Waals surface area contributed by atoms with Gasteiger partial charge in [0.05, 0.1) is 6.54 Å². The van der Waals surface area contributed by atoms with Crippen LogP contribution in [0.25, 0.3) is 0 Å². The van der Waals surface area contributed by atoms with Crippen molar-refractivity contribution < 1.29 is 18.4 Å². The molecule has 0 aromatic heterocycles. The molecule has 4 nitrogen and oxygen atoms in total. The van der Waals surface area contributed by atoms with Crippen LogP contribution in [0, 0.1) is 0 Å². The summed E-state index contributed by atoms with van der Waals surface area (Å²) in [5.41, 5.74) is 0. The van der Waals surface area contributed by atoms with Crippen LogP contribution < -0.4 is 5.32 Å². The van der Waals surface area contributed by atoms with Crippen LogP contribution in [0.15, 0.2) is 0 Å². The van der Waals surface area contributed by atoms with Crippen molar-refractivity contribution in [2.45, 2.75) is 37.8 Å². The maximum Gasteiger partial charge on any atom is 0.246 e. The monoisotopic (exact) mass is 218 g/mol. The lowest BCUT2D eigenvalue weighted by molar-refractivity contribution is -0.145.